The van der Waals surface area contributed by atoms with Crippen LogP contribution in [0.25, 0.3) is 22.0 Å². The molecule has 1 aromatic carbocycles. The summed E-state index contributed by atoms with van der Waals surface area (Å²) in [6.07, 6.45) is 2.11. The van der Waals surface area contributed by atoms with Crippen molar-refractivity contribution < 1.29 is 9.18 Å². The zero-order valence-electron chi connectivity index (χ0n) is 12.5. The van der Waals surface area contributed by atoms with E-state index in [2.05, 4.69) is 10.1 Å². The summed E-state index contributed by atoms with van der Waals surface area (Å²) in [6.45, 7) is 4.34. The summed E-state index contributed by atoms with van der Waals surface area (Å²) in [6, 6.07) is 4.68. The average Bonchev–Trinajstić information content (AvgIpc) is 2.97. The molecule has 2 heterocycles. The molecule has 2 aromatic heterocycles. The van der Waals surface area contributed by atoms with Gasteiger partial charge in [0.25, 0.3) is 0 Å². The van der Waals surface area contributed by atoms with E-state index in [1.54, 1.807) is 10.7 Å². The van der Waals surface area contributed by atoms with Gasteiger partial charge in [0, 0.05) is 46.9 Å². The van der Waals surface area contributed by atoms with Crippen molar-refractivity contribution in [1.29, 1.82) is 0 Å². The Morgan fingerprint density at radius 3 is 2.83 bits per heavy atom. The van der Waals surface area contributed by atoms with Crippen molar-refractivity contribution in [2.75, 3.05) is 0 Å². The van der Waals surface area contributed by atoms with Crippen molar-refractivity contribution in [3.05, 3.63) is 41.6 Å². The molecule has 23 heavy (non-hydrogen) atoms. The van der Waals surface area contributed by atoms with Crippen molar-refractivity contribution in [1.82, 2.24) is 14.8 Å². The number of hydrogen-bond acceptors (Lipinski definition) is 2. The van der Waals surface area contributed by atoms with Gasteiger partial charge >= 0.3 is 0 Å². The lowest BCUT2D eigenvalue weighted by atomic mass is 10.0. The van der Waals surface area contributed by atoms with Crippen LogP contribution in [-0.2, 0) is 11.3 Å². The molecule has 6 heteroatoms. The molecule has 0 aliphatic carbocycles. The smallest absolute Gasteiger partial charge is 0.219 e. The molecule has 0 radical (unpaired) electrons. The van der Waals surface area contributed by atoms with Crippen molar-refractivity contribution in [3.8, 4) is 11.1 Å². The Labute approximate surface area is 134 Å². The van der Waals surface area contributed by atoms with Crippen molar-refractivity contribution in [2.45, 2.75) is 34.2 Å². The number of fused-ring (bicyclic) bond motifs is 1. The van der Waals surface area contributed by atoms with Gasteiger partial charge in [0.2, 0.25) is 5.91 Å². The van der Waals surface area contributed by atoms with Gasteiger partial charge < -0.3 is 10.7 Å². The van der Waals surface area contributed by atoms with Crippen LogP contribution < -0.4 is 5.73 Å². The SMILES string of the molecule is C.Cc1nn(CCC(N)=O)c(C)c1-c1c[nH]c2cc(F)ccc12. The van der Waals surface area contributed by atoms with Crippen LogP contribution in [0.2, 0.25) is 0 Å². The highest BCUT2D eigenvalue weighted by Gasteiger charge is 2.17. The number of nitrogens with one attached hydrogen (secondary N) is 1. The van der Waals surface area contributed by atoms with E-state index in [-0.39, 0.29) is 25.6 Å². The third-order valence-electron chi connectivity index (χ3n) is 3.86. The van der Waals surface area contributed by atoms with Crippen molar-refractivity contribution in [2.24, 2.45) is 5.73 Å². The molecule has 3 N–H and O–H groups in total. The fraction of sp³-hybridized carbons (Fsp3) is 0.294. The average molecular weight is 316 g/mol. The molecule has 0 spiro atoms. The number of nitrogens with two attached hydrogens (primary N) is 1. The van der Waals surface area contributed by atoms with Gasteiger partial charge in [0.1, 0.15) is 5.82 Å². The summed E-state index contributed by atoms with van der Waals surface area (Å²) in [5.74, 6) is -0.622. The molecule has 122 valence electrons. The Morgan fingerprint density at radius 1 is 1.39 bits per heavy atom. The minimum absolute atomic E-state index is 0. The molecule has 0 unspecified atom stereocenters. The normalized spacial score (nSPS) is 10.7. The van der Waals surface area contributed by atoms with Gasteiger partial charge in [-0.3, -0.25) is 9.48 Å². The maximum atomic E-state index is 13.3. The van der Waals surface area contributed by atoms with E-state index in [1.807, 2.05) is 20.0 Å². The summed E-state index contributed by atoms with van der Waals surface area (Å²) < 4.78 is 15.1. The van der Waals surface area contributed by atoms with Crippen LogP contribution >= 0.6 is 0 Å². The first-order chi connectivity index (χ1) is 10.5. The van der Waals surface area contributed by atoms with Gasteiger partial charge in [0.05, 0.1) is 5.69 Å². The second-order valence-electron chi connectivity index (χ2n) is 5.38. The monoisotopic (exact) mass is 316 g/mol. The minimum atomic E-state index is -0.350. The van der Waals surface area contributed by atoms with E-state index in [0.29, 0.717) is 6.54 Å². The third kappa shape index (κ3) is 2.97. The molecular formula is C17H21FN4O. The molecule has 5 nitrogen and oxygen atoms in total. The highest BCUT2D eigenvalue weighted by Crippen LogP contribution is 2.33. The number of aromatic nitrogens is 3. The summed E-state index contributed by atoms with van der Waals surface area (Å²) in [4.78, 5) is 14.0. The predicted octanol–water partition coefficient (Wildman–Crippen LogP) is 3.30. The molecule has 0 saturated heterocycles. The molecule has 0 fully saturated rings. The zero-order chi connectivity index (χ0) is 15.9. The first-order valence-corrected chi connectivity index (χ1v) is 7.06. The van der Waals surface area contributed by atoms with E-state index < -0.39 is 0 Å². The number of halogens is 1. The van der Waals surface area contributed by atoms with E-state index in [0.717, 1.165) is 33.4 Å². The topological polar surface area (TPSA) is 76.7 Å². The summed E-state index contributed by atoms with van der Waals surface area (Å²) in [5.41, 5.74) is 9.76. The number of hydrogen-bond donors (Lipinski definition) is 2. The summed E-state index contributed by atoms with van der Waals surface area (Å²) in [5, 5.41) is 5.43. The first kappa shape index (κ1) is 16.7. The zero-order valence-corrected chi connectivity index (χ0v) is 12.5. The van der Waals surface area contributed by atoms with E-state index in [1.165, 1.54) is 12.1 Å². The summed E-state index contributed by atoms with van der Waals surface area (Å²) in [7, 11) is 0. The number of aryl methyl sites for hydroxylation is 2. The van der Waals surface area contributed by atoms with Crippen LogP contribution in [0, 0.1) is 19.7 Å². The second kappa shape index (κ2) is 6.24. The van der Waals surface area contributed by atoms with Crippen LogP contribution in [0.5, 0.6) is 0 Å². The first-order valence-electron chi connectivity index (χ1n) is 7.06. The van der Waals surface area contributed by atoms with E-state index >= 15 is 0 Å². The lowest BCUT2D eigenvalue weighted by molar-refractivity contribution is -0.118. The number of primary amides is 1. The van der Waals surface area contributed by atoms with Gasteiger partial charge in [-0.25, -0.2) is 4.39 Å². The fourth-order valence-electron chi connectivity index (χ4n) is 2.83. The number of rotatable bonds is 4. The maximum absolute atomic E-state index is 13.3. The Balaban J connectivity index is 0.00000192. The largest absolute Gasteiger partial charge is 0.370 e. The number of benzene rings is 1. The van der Waals surface area contributed by atoms with Crippen LogP contribution in [0.3, 0.4) is 0 Å². The number of carbonyl (C=O) groups excluding carboxylic acids is 1. The Morgan fingerprint density at radius 2 is 2.13 bits per heavy atom. The second-order valence-corrected chi connectivity index (χ2v) is 5.38. The highest BCUT2D eigenvalue weighted by molar-refractivity contribution is 5.96. The molecule has 1 amide bonds. The quantitative estimate of drug-likeness (QED) is 0.775. The number of H-pyrrole nitrogens is 1. The van der Waals surface area contributed by atoms with Gasteiger partial charge in [-0.05, 0) is 32.0 Å². The van der Waals surface area contributed by atoms with Gasteiger partial charge in [-0.1, -0.05) is 7.43 Å². The van der Waals surface area contributed by atoms with Crippen LogP contribution in [0.15, 0.2) is 24.4 Å². The molecule has 3 aromatic rings. The molecule has 3 rings (SSSR count). The van der Waals surface area contributed by atoms with Gasteiger partial charge in [-0.15, -0.1) is 0 Å². The minimum Gasteiger partial charge on any atom is -0.370 e. The Bertz CT molecular complexity index is 863. The standard InChI is InChI=1S/C16H17FN4O.CH4/c1-9-16(10(2)21(20-9)6-5-15(18)22)13-8-19-14-7-11(17)3-4-12(13)14;/h3-4,7-8,19H,5-6H2,1-2H3,(H2,18,22);1H4. The summed E-state index contributed by atoms with van der Waals surface area (Å²) >= 11 is 0. The highest BCUT2D eigenvalue weighted by atomic mass is 19.1. The molecule has 0 bridgehead atoms. The Kier molecular flexibility index (Phi) is 4.54. The van der Waals surface area contributed by atoms with Crippen LogP contribution in [0.1, 0.15) is 25.2 Å². The van der Waals surface area contributed by atoms with E-state index in [9.17, 15) is 9.18 Å². The van der Waals surface area contributed by atoms with Gasteiger partial charge in [0.15, 0.2) is 0 Å². The number of aromatic amines is 1. The molecule has 0 saturated carbocycles. The van der Waals surface area contributed by atoms with E-state index in [4.69, 9.17) is 5.73 Å². The predicted molar refractivity (Wildman–Crippen MR) is 89.5 cm³/mol. The molecule has 0 aliphatic rings. The van der Waals surface area contributed by atoms with Crippen molar-refractivity contribution >= 4 is 16.8 Å². The third-order valence-corrected chi connectivity index (χ3v) is 3.86. The fourth-order valence-corrected chi connectivity index (χ4v) is 2.83. The van der Waals surface area contributed by atoms with Crippen molar-refractivity contribution in [3.63, 3.8) is 0 Å². The maximum Gasteiger partial charge on any atom is 0.219 e. The number of carbonyl (C=O) groups is 1. The lowest BCUT2D eigenvalue weighted by Crippen LogP contribution is -2.15. The van der Waals surface area contributed by atoms with Gasteiger partial charge in [-0.2, -0.15) is 5.10 Å². The van der Waals surface area contributed by atoms with Crippen LogP contribution in [0.4, 0.5) is 4.39 Å². The molecule has 0 aliphatic heterocycles. The molecule has 0 atom stereocenters. The lowest BCUT2D eigenvalue weighted by Gasteiger charge is -2.04. The number of amides is 1. The number of nitrogens with zero attached hydrogens (tertiary/aromatic N) is 2. The Hall–Kier alpha value is -2.63. The van der Waals surface area contributed by atoms with Crippen LogP contribution in [-0.4, -0.2) is 20.7 Å². The molecular weight excluding hydrogens is 295 g/mol.